The van der Waals surface area contributed by atoms with E-state index in [1.54, 1.807) is 23.7 Å². The number of aromatic nitrogens is 4. The van der Waals surface area contributed by atoms with Gasteiger partial charge in [-0.3, -0.25) is 10.1 Å². The van der Waals surface area contributed by atoms with Crippen LogP contribution in [0.1, 0.15) is 38.5 Å². The maximum atomic E-state index is 12.8. The van der Waals surface area contributed by atoms with Crippen LogP contribution in [0.25, 0.3) is 0 Å². The van der Waals surface area contributed by atoms with Crippen molar-refractivity contribution in [3.63, 3.8) is 0 Å². The Morgan fingerprint density at radius 2 is 1.97 bits per heavy atom. The molecule has 0 aliphatic carbocycles. The van der Waals surface area contributed by atoms with Gasteiger partial charge in [0.1, 0.15) is 24.4 Å². The highest BCUT2D eigenvalue weighted by molar-refractivity contribution is 6.35. The van der Waals surface area contributed by atoms with E-state index in [1.165, 1.54) is 6.33 Å². The van der Waals surface area contributed by atoms with E-state index < -0.39 is 5.91 Å². The lowest BCUT2D eigenvalue weighted by molar-refractivity contribution is 0.101. The van der Waals surface area contributed by atoms with Gasteiger partial charge in [-0.2, -0.15) is 0 Å². The number of nitrogens with one attached hydrogen (secondary N) is 1. The normalized spacial score (nSPS) is 10.9. The van der Waals surface area contributed by atoms with Crippen molar-refractivity contribution in [2.45, 2.75) is 33.9 Å². The predicted molar refractivity (Wildman–Crippen MR) is 125 cm³/mol. The molecule has 0 unspecified atom stereocenters. The van der Waals surface area contributed by atoms with E-state index >= 15 is 0 Å². The smallest absolute Gasteiger partial charge is 0.280 e. The van der Waals surface area contributed by atoms with Gasteiger partial charge in [0.2, 0.25) is 5.95 Å². The highest BCUT2D eigenvalue weighted by Crippen LogP contribution is 2.23. The van der Waals surface area contributed by atoms with Crippen LogP contribution in [0, 0.1) is 20.8 Å². The molecule has 0 radical (unpaired) electrons. The van der Waals surface area contributed by atoms with Crippen LogP contribution in [0.15, 0.2) is 47.2 Å². The molecule has 4 aromatic rings. The minimum atomic E-state index is -0.492. The Morgan fingerprint density at radius 1 is 1.15 bits per heavy atom. The number of hydrogen-bond donors (Lipinski definition) is 1. The number of rotatable bonds is 7. The van der Waals surface area contributed by atoms with Gasteiger partial charge < -0.3 is 9.26 Å². The standard InChI is InChI=1S/C23H21Cl2N5O3/c1-13-4-7-20(14(2)8-13)32-11-18-15(3)33-29-21(18)22(31)27-23-26-12-30(28-23)10-16-5-6-17(24)9-19(16)25/h4-9,12H,10-11H2,1-3H3,(H,27,28,31). The van der Waals surface area contributed by atoms with E-state index in [0.29, 0.717) is 27.9 Å². The summed E-state index contributed by atoms with van der Waals surface area (Å²) in [6.07, 6.45) is 1.50. The zero-order valence-electron chi connectivity index (χ0n) is 18.2. The topological polar surface area (TPSA) is 95.1 Å². The molecule has 2 aromatic heterocycles. The maximum absolute atomic E-state index is 12.8. The van der Waals surface area contributed by atoms with Crippen molar-refractivity contribution < 1.29 is 14.1 Å². The first-order valence-electron chi connectivity index (χ1n) is 10.1. The predicted octanol–water partition coefficient (Wildman–Crippen LogP) is 5.38. The van der Waals surface area contributed by atoms with Gasteiger partial charge in [0.25, 0.3) is 5.91 Å². The quantitative estimate of drug-likeness (QED) is 0.377. The van der Waals surface area contributed by atoms with Crippen LogP contribution in [0.3, 0.4) is 0 Å². The van der Waals surface area contributed by atoms with Crippen LogP contribution >= 0.6 is 23.2 Å². The van der Waals surface area contributed by atoms with E-state index in [2.05, 4.69) is 20.6 Å². The highest BCUT2D eigenvalue weighted by Gasteiger charge is 2.22. The summed E-state index contributed by atoms with van der Waals surface area (Å²) in [6.45, 7) is 6.22. The van der Waals surface area contributed by atoms with Crippen molar-refractivity contribution in [1.82, 2.24) is 19.9 Å². The molecule has 0 spiro atoms. The molecular weight excluding hydrogens is 465 g/mol. The van der Waals surface area contributed by atoms with Crippen molar-refractivity contribution in [3.05, 3.63) is 86.5 Å². The molecule has 0 fully saturated rings. The third-order valence-corrected chi connectivity index (χ3v) is 5.60. The molecule has 8 nitrogen and oxygen atoms in total. The molecule has 170 valence electrons. The summed E-state index contributed by atoms with van der Waals surface area (Å²) in [5.74, 6) is 0.870. The van der Waals surface area contributed by atoms with Gasteiger partial charge in [-0.25, -0.2) is 9.67 Å². The molecule has 33 heavy (non-hydrogen) atoms. The van der Waals surface area contributed by atoms with Crippen LogP contribution in [0.4, 0.5) is 5.95 Å². The van der Waals surface area contributed by atoms with Crippen molar-refractivity contribution in [1.29, 1.82) is 0 Å². The Kier molecular flexibility index (Phi) is 6.67. The molecule has 1 N–H and O–H groups in total. The van der Waals surface area contributed by atoms with Crippen LogP contribution in [-0.2, 0) is 13.2 Å². The van der Waals surface area contributed by atoms with Gasteiger partial charge in [0.15, 0.2) is 5.69 Å². The third kappa shape index (κ3) is 5.35. The Balaban J connectivity index is 1.44. The first-order valence-corrected chi connectivity index (χ1v) is 10.9. The molecule has 0 saturated heterocycles. The first-order chi connectivity index (χ1) is 15.8. The monoisotopic (exact) mass is 485 g/mol. The number of hydrogen-bond acceptors (Lipinski definition) is 6. The molecule has 0 aliphatic rings. The second kappa shape index (κ2) is 9.64. The number of halogens is 2. The molecule has 4 rings (SSSR count). The molecule has 2 aromatic carbocycles. The summed E-state index contributed by atoms with van der Waals surface area (Å²) in [6, 6.07) is 11.1. The van der Waals surface area contributed by atoms with E-state index in [0.717, 1.165) is 22.4 Å². The van der Waals surface area contributed by atoms with Crippen LogP contribution in [0.5, 0.6) is 5.75 Å². The molecule has 0 bridgehead atoms. The van der Waals surface area contributed by atoms with Crippen molar-refractivity contribution in [2.24, 2.45) is 0 Å². The average Bonchev–Trinajstić information content (AvgIpc) is 3.35. The molecule has 0 saturated carbocycles. The van der Waals surface area contributed by atoms with Gasteiger partial charge in [-0.15, -0.1) is 5.10 Å². The lowest BCUT2D eigenvalue weighted by Gasteiger charge is -2.10. The van der Waals surface area contributed by atoms with Gasteiger partial charge in [0.05, 0.1) is 12.1 Å². The summed E-state index contributed by atoms with van der Waals surface area (Å²) < 4.78 is 12.7. The SMILES string of the molecule is Cc1ccc(OCc2c(C(=O)Nc3ncn(Cc4ccc(Cl)cc4Cl)n3)noc2C)c(C)c1. The Hall–Kier alpha value is -3.36. The second-order valence-electron chi connectivity index (χ2n) is 7.58. The number of amides is 1. The fourth-order valence-corrected chi connectivity index (χ4v) is 3.73. The van der Waals surface area contributed by atoms with Crippen LogP contribution in [0.2, 0.25) is 10.0 Å². The minimum Gasteiger partial charge on any atom is -0.488 e. The molecule has 1 amide bonds. The number of carbonyl (C=O) groups excluding carboxylic acids is 1. The largest absolute Gasteiger partial charge is 0.488 e. The van der Waals surface area contributed by atoms with Gasteiger partial charge >= 0.3 is 0 Å². The first kappa shape index (κ1) is 22.8. The van der Waals surface area contributed by atoms with E-state index in [1.807, 2.05) is 38.1 Å². The van der Waals surface area contributed by atoms with Crippen molar-refractivity contribution in [2.75, 3.05) is 5.32 Å². The number of carbonyl (C=O) groups is 1. The van der Waals surface area contributed by atoms with E-state index in [4.69, 9.17) is 32.5 Å². The Morgan fingerprint density at radius 3 is 2.73 bits per heavy atom. The van der Waals surface area contributed by atoms with E-state index in [9.17, 15) is 4.79 Å². The molecule has 10 heteroatoms. The van der Waals surface area contributed by atoms with Crippen LogP contribution in [-0.4, -0.2) is 25.8 Å². The van der Waals surface area contributed by atoms with Gasteiger partial charge in [-0.1, -0.05) is 52.1 Å². The van der Waals surface area contributed by atoms with Crippen molar-refractivity contribution in [3.8, 4) is 5.75 Å². The maximum Gasteiger partial charge on any atom is 0.280 e. The number of nitrogens with zero attached hydrogens (tertiary/aromatic N) is 4. The van der Waals surface area contributed by atoms with Gasteiger partial charge in [0, 0.05) is 10.0 Å². The molecule has 2 heterocycles. The van der Waals surface area contributed by atoms with Gasteiger partial charge in [-0.05, 0) is 50.1 Å². The molecular formula is C23H21Cl2N5O3. The summed E-state index contributed by atoms with van der Waals surface area (Å²) >= 11 is 12.2. The lowest BCUT2D eigenvalue weighted by atomic mass is 10.1. The summed E-state index contributed by atoms with van der Waals surface area (Å²) in [5, 5.41) is 11.9. The summed E-state index contributed by atoms with van der Waals surface area (Å²) in [4.78, 5) is 17.0. The second-order valence-corrected chi connectivity index (χ2v) is 8.42. The number of benzene rings is 2. The number of ether oxygens (including phenoxy) is 1. The Labute approximate surface area is 200 Å². The molecule has 0 atom stereocenters. The lowest BCUT2D eigenvalue weighted by Crippen LogP contribution is -2.16. The average molecular weight is 486 g/mol. The summed E-state index contributed by atoms with van der Waals surface area (Å²) in [5.41, 5.74) is 3.65. The molecule has 0 aliphatic heterocycles. The Bertz CT molecular complexity index is 1320. The number of anilines is 1. The highest BCUT2D eigenvalue weighted by atomic mass is 35.5. The fraction of sp³-hybridized carbons (Fsp3) is 0.217. The van der Waals surface area contributed by atoms with Crippen LogP contribution < -0.4 is 10.1 Å². The van der Waals surface area contributed by atoms with Crippen molar-refractivity contribution >= 4 is 35.1 Å². The minimum absolute atomic E-state index is 0.120. The third-order valence-electron chi connectivity index (χ3n) is 5.01. The fourth-order valence-electron chi connectivity index (χ4n) is 3.26. The number of aryl methyl sites for hydroxylation is 3. The zero-order valence-corrected chi connectivity index (χ0v) is 19.7. The van der Waals surface area contributed by atoms with E-state index in [-0.39, 0.29) is 18.2 Å². The zero-order chi connectivity index (χ0) is 23.5. The summed E-state index contributed by atoms with van der Waals surface area (Å²) in [7, 11) is 0.